The van der Waals surface area contributed by atoms with E-state index in [-0.39, 0.29) is 49.0 Å². The molecule has 0 aromatic carbocycles. The van der Waals surface area contributed by atoms with E-state index in [1.165, 1.54) is 12.2 Å². The molecule has 0 spiro atoms. The highest BCUT2D eigenvalue weighted by Gasteiger charge is 2.54. The van der Waals surface area contributed by atoms with Crippen LogP contribution in [0.1, 0.15) is 25.7 Å². The topological polar surface area (TPSA) is 74.6 Å². The van der Waals surface area contributed by atoms with Crippen molar-refractivity contribution < 1.29 is 18.6 Å². The summed E-state index contributed by atoms with van der Waals surface area (Å²) in [7, 11) is -3.84. The van der Waals surface area contributed by atoms with E-state index in [2.05, 4.69) is 0 Å². The fourth-order valence-electron chi connectivity index (χ4n) is 3.22. The van der Waals surface area contributed by atoms with Crippen LogP contribution in [0, 0.1) is 0 Å². The summed E-state index contributed by atoms with van der Waals surface area (Å²) in [6.45, 7) is 0. The number of allylic oxidation sites excluding steroid dienone is 6. The first-order valence-corrected chi connectivity index (χ1v) is 9.88. The second kappa shape index (κ2) is 6.91. The molecule has 0 amide bonds. The fourth-order valence-corrected chi connectivity index (χ4v) is 6.87. The van der Waals surface area contributed by atoms with Crippen molar-refractivity contribution in [3.63, 3.8) is 0 Å². The van der Waals surface area contributed by atoms with E-state index in [0.29, 0.717) is 0 Å². The molecule has 0 heterocycles. The van der Waals surface area contributed by atoms with E-state index in [1.807, 2.05) is 0 Å². The third kappa shape index (κ3) is 3.19. The highest BCUT2D eigenvalue weighted by Crippen LogP contribution is 2.45. The zero-order chi connectivity index (χ0) is 17.1. The van der Waals surface area contributed by atoms with Gasteiger partial charge in [-0.25, -0.2) is 8.42 Å². The molecule has 2 rings (SSSR count). The molecule has 2 aliphatic carbocycles. The lowest BCUT2D eigenvalue weighted by atomic mass is 9.94. The molecule has 0 saturated carbocycles. The molecule has 2 aliphatic rings. The van der Waals surface area contributed by atoms with Gasteiger partial charge >= 0.3 is 0 Å². The lowest BCUT2D eigenvalue weighted by molar-refractivity contribution is 0.351. The molecule has 0 bridgehead atoms. The number of aliphatic hydroxyl groups excluding tert-OH is 2. The predicted molar refractivity (Wildman–Crippen MR) is 94.0 cm³/mol. The van der Waals surface area contributed by atoms with Crippen LogP contribution in [0.4, 0.5) is 0 Å². The van der Waals surface area contributed by atoms with Crippen molar-refractivity contribution in [3.05, 3.63) is 48.0 Å². The van der Waals surface area contributed by atoms with Crippen LogP contribution in [0.3, 0.4) is 0 Å². The third-order valence-corrected chi connectivity index (χ3v) is 7.93. The van der Waals surface area contributed by atoms with Crippen molar-refractivity contribution in [2.45, 2.75) is 35.2 Å². The standard InChI is InChI=1S/C16H20Cl2O4S/c17-9-7-15(5-1-3-13(19)11-15)23(21,22)16(8-10-18)6-2-4-14(20)12-16/h1-6,19-20H,7-12H2. The Morgan fingerprint density at radius 3 is 1.61 bits per heavy atom. The van der Waals surface area contributed by atoms with E-state index in [9.17, 15) is 18.6 Å². The number of alkyl halides is 2. The van der Waals surface area contributed by atoms with Crippen LogP contribution in [0.25, 0.3) is 0 Å². The number of sulfone groups is 1. The molecule has 7 heteroatoms. The Kier molecular flexibility index (Phi) is 5.54. The first-order valence-electron chi connectivity index (χ1n) is 7.33. The normalized spacial score (nSPS) is 30.9. The zero-order valence-corrected chi connectivity index (χ0v) is 14.9. The highest BCUT2D eigenvalue weighted by molar-refractivity contribution is 7.94. The zero-order valence-electron chi connectivity index (χ0n) is 12.6. The quantitative estimate of drug-likeness (QED) is 0.686. The summed E-state index contributed by atoms with van der Waals surface area (Å²) in [5.74, 6) is 0.280. The highest BCUT2D eigenvalue weighted by atomic mass is 35.5. The number of halogens is 2. The molecule has 0 saturated heterocycles. The van der Waals surface area contributed by atoms with Crippen LogP contribution in [0.5, 0.6) is 0 Å². The lowest BCUT2D eigenvalue weighted by Gasteiger charge is -2.41. The summed E-state index contributed by atoms with van der Waals surface area (Å²) in [4.78, 5) is 0. The molecule has 0 radical (unpaired) electrons. The number of hydrogen-bond acceptors (Lipinski definition) is 4. The van der Waals surface area contributed by atoms with Crippen molar-refractivity contribution in [2.24, 2.45) is 0 Å². The van der Waals surface area contributed by atoms with Gasteiger partial charge in [0.1, 0.15) is 0 Å². The molecule has 4 nitrogen and oxygen atoms in total. The Labute approximate surface area is 146 Å². The lowest BCUT2D eigenvalue weighted by Crippen LogP contribution is -2.52. The summed E-state index contributed by atoms with van der Waals surface area (Å²) < 4.78 is 24.5. The summed E-state index contributed by atoms with van der Waals surface area (Å²) >= 11 is 11.7. The maximum atomic E-state index is 13.6. The molecule has 0 aromatic heterocycles. The van der Waals surface area contributed by atoms with Crippen LogP contribution in [0.2, 0.25) is 0 Å². The van der Waals surface area contributed by atoms with Gasteiger partial charge in [0.25, 0.3) is 0 Å². The predicted octanol–water partition coefficient (Wildman–Crippen LogP) is 3.94. The van der Waals surface area contributed by atoms with Crippen molar-refractivity contribution in [1.29, 1.82) is 0 Å². The molecule has 2 unspecified atom stereocenters. The first-order chi connectivity index (χ1) is 10.8. The first kappa shape index (κ1) is 18.4. The van der Waals surface area contributed by atoms with Crippen LogP contribution < -0.4 is 0 Å². The van der Waals surface area contributed by atoms with Crippen LogP contribution >= 0.6 is 23.2 Å². The minimum atomic E-state index is -3.84. The van der Waals surface area contributed by atoms with Gasteiger partial charge in [0.2, 0.25) is 0 Å². The summed E-state index contributed by atoms with van der Waals surface area (Å²) in [5.41, 5.74) is 0. The molecule has 2 atom stereocenters. The Morgan fingerprint density at radius 1 is 0.913 bits per heavy atom. The smallest absolute Gasteiger partial charge is 0.169 e. The van der Waals surface area contributed by atoms with Gasteiger partial charge in [0, 0.05) is 24.6 Å². The summed E-state index contributed by atoms with van der Waals surface area (Å²) in [5, 5.41) is 19.8. The molecular weight excluding hydrogens is 359 g/mol. The Hall–Kier alpha value is -0.910. The van der Waals surface area contributed by atoms with Gasteiger partial charge in [-0.3, -0.25) is 0 Å². The van der Waals surface area contributed by atoms with Crippen LogP contribution in [0.15, 0.2) is 48.0 Å². The van der Waals surface area contributed by atoms with E-state index in [1.54, 1.807) is 24.3 Å². The van der Waals surface area contributed by atoms with Gasteiger partial charge in [-0.1, -0.05) is 24.3 Å². The van der Waals surface area contributed by atoms with Gasteiger partial charge in [-0.15, -0.1) is 23.2 Å². The second-order valence-electron chi connectivity index (χ2n) is 5.90. The molecule has 2 N–H and O–H groups in total. The van der Waals surface area contributed by atoms with E-state index >= 15 is 0 Å². The summed E-state index contributed by atoms with van der Waals surface area (Å²) in [6.07, 6.45) is 9.50. The van der Waals surface area contributed by atoms with Gasteiger partial charge in [-0.05, 0) is 25.0 Å². The van der Waals surface area contributed by atoms with E-state index in [4.69, 9.17) is 23.2 Å². The fraction of sp³-hybridized carbons (Fsp3) is 0.500. The monoisotopic (exact) mass is 378 g/mol. The number of hydrogen-bond donors (Lipinski definition) is 2. The van der Waals surface area contributed by atoms with Gasteiger partial charge < -0.3 is 10.2 Å². The molecule has 128 valence electrons. The molecule has 0 aromatic rings. The maximum absolute atomic E-state index is 13.6. The summed E-state index contributed by atoms with van der Waals surface area (Å²) in [6, 6.07) is 0. The molecular formula is C16H20Cl2O4S. The largest absolute Gasteiger partial charge is 0.512 e. The Balaban J connectivity index is 2.56. The molecule has 0 aliphatic heterocycles. The Bertz CT molecular complexity index is 626. The van der Waals surface area contributed by atoms with Gasteiger partial charge in [-0.2, -0.15) is 0 Å². The number of rotatable bonds is 6. The second-order valence-corrected chi connectivity index (χ2v) is 9.29. The van der Waals surface area contributed by atoms with Crippen molar-refractivity contribution in [2.75, 3.05) is 11.8 Å². The van der Waals surface area contributed by atoms with Crippen molar-refractivity contribution in [1.82, 2.24) is 0 Å². The number of aliphatic hydroxyl groups is 2. The third-order valence-electron chi connectivity index (χ3n) is 4.44. The van der Waals surface area contributed by atoms with E-state index in [0.717, 1.165) is 0 Å². The SMILES string of the molecule is O=S(=O)(C1(CCCl)C=CC=C(O)C1)C1(CCCl)C=CC=C(O)C1. The minimum Gasteiger partial charge on any atom is -0.512 e. The molecule has 0 fully saturated rings. The average molecular weight is 379 g/mol. The minimum absolute atomic E-state index is 0.00164. The van der Waals surface area contributed by atoms with Crippen molar-refractivity contribution >= 4 is 33.0 Å². The van der Waals surface area contributed by atoms with Crippen LogP contribution in [-0.4, -0.2) is 39.9 Å². The maximum Gasteiger partial charge on any atom is 0.169 e. The van der Waals surface area contributed by atoms with E-state index < -0.39 is 19.3 Å². The van der Waals surface area contributed by atoms with Crippen molar-refractivity contribution in [3.8, 4) is 0 Å². The van der Waals surface area contributed by atoms with Gasteiger partial charge in [0.05, 0.1) is 21.0 Å². The average Bonchev–Trinajstić information content (AvgIpc) is 2.47. The van der Waals surface area contributed by atoms with Crippen LogP contribution in [-0.2, 0) is 9.84 Å². The van der Waals surface area contributed by atoms with Gasteiger partial charge in [0.15, 0.2) is 9.84 Å². The molecule has 23 heavy (non-hydrogen) atoms. The Morgan fingerprint density at radius 2 is 1.30 bits per heavy atom.